The Kier molecular flexibility index (Phi) is 3.34. The maximum Gasteiger partial charge on any atom is 0.213 e. The molecule has 0 spiro atoms. The Morgan fingerprint density at radius 2 is 2.24 bits per heavy atom. The highest BCUT2D eigenvalue weighted by atomic mass is 32.1. The summed E-state index contributed by atoms with van der Waals surface area (Å²) in [6.07, 6.45) is 3.31. The summed E-state index contributed by atoms with van der Waals surface area (Å²) in [6.45, 7) is 2.35. The van der Waals surface area contributed by atoms with Gasteiger partial charge in [-0.15, -0.1) is 0 Å². The summed E-state index contributed by atoms with van der Waals surface area (Å²) in [6, 6.07) is 3.63. The standard InChI is InChI=1S/C11H12N4OS/c1-7-4-15-10(16-7)6-14-9-3-2-8(5-13-9)11(12)17/h2-5H,6H2,1H3,(H2,12,17)(H,13,14). The smallest absolute Gasteiger partial charge is 0.213 e. The van der Waals surface area contributed by atoms with Crippen molar-refractivity contribution < 1.29 is 4.42 Å². The van der Waals surface area contributed by atoms with E-state index in [0.717, 1.165) is 17.1 Å². The van der Waals surface area contributed by atoms with Crippen LogP contribution in [0.25, 0.3) is 0 Å². The minimum atomic E-state index is 0.340. The van der Waals surface area contributed by atoms with E-state index in [9.17, 15) is 0 Å². The second-order valence-electron chi connectivity index (χ2n) is 3.51. The van der Waals surface area contributed by atoms with E-state index in [1.54, 1.807) is 12.4 Å². The monoisotopic (exact) mass is 248 g/mol. The molecule has 0 fully saturated rings. The minimum absolute atomic E-state index is 0.340. The summed E-state index contributed by atoms with van der Waals surface area (Å²) >= 11 is 4.84. The van der Waals surface area contributed by atoms with Crippen molar-refractivity contribution in [3.63, 3.8) is 0 Å². The Morgan fingerprint density at radius 1 is 1.41 bits per heavy atom. The van der Waals surface area contributed by atoms with Crippen molar-refractivity contribution in [1.82, 2.24) is 9.97 Å². The molecule has 17 heavy (non-hydrogen) atoms. The molecule has 0 aromatic carbocycles. The largest absolute Gasteiger partial charge is 0.444 e. The average Bonchev–Trinajstić information content (AvgIpc) is 2.73. The van der Waals surface area contributed by atoms with Gasteiger partial charge in [0, 0.05) is 11.8 Å². The quantitative estimate of drug-likeness (QED) is 0.801. The summed E-state index contributed by atoms with van der Waals surface area (Å²) in [5.41, 5.74) is 6.23. The van der Waals surface area contributed by atoms with Gasteiger partial charge in [0.1, 0.15) is 16.6 Å². The predicted octanol–water partition coefficient (Wildman–Crippen LogP) is 1.62. The van der Waals surface area contributed by atoms with Gasteiger partial charge in [0.2, 0.25) is 5.89 Å². The fraction of sp³-hybridized carbons (Fsp3) is 0.182. The third kappa shape index (κ3) is 3.01. The van der Waals surface area contributed by atoms with Gasteiger partial charge in [-0.25, -0.2) is 9.97 Å². The van der Waals surface area contributed by atoms with Gasteiger partial charge < -0.3 is 15.5 Å². The number of nitrogens with one attached hydrogen (secondary N) is 1. The first kappa shape index (κ1) is 11.5. The van der Waals surface area contributed by atoms with Crippen molar-refractivity contribution in [2.24, 2.45) is 5.73 Å². The molecule has 0 saturated carbocycles. The highest BCUT2D eigenvalue weighted by Gasteiger charge is 2.01. The van der Waals surface area contributed by atoms with Gasteiger partial charge in [0.25, 0.3) is 0 Å². The van der Waals surface area contributed by atoms with E-state index < -0.39 is 0 Å². The number of nitrogens with two attached hydrogens (primary N) is 1. The van der Waals surface area contributed by atoms with Crippen molar-refractivity contribution in [2.45, 2.75) is 13.5 Å². The molecule has 0 aliphatic heterocycles. The number of pyridine rings is 1. The molecule has 5 nitrogen and oxygen atoms in total. The number of oxazole rings is 1. The molecule has 0 bridgehead atoms. The molecular weight excluding hydrogens is 236 g/mol. The number of hydrogen-bond donors (Lipinski definition) is 2. The Morgan fingerprint density at radius 3 is 2.76 bits per heavy atom. The molecule has 2 aromatic heterocycles. The van der Waals surface area contributed by atoms with E-state index in [-0.39, 0.29) is 0 Å². The number of rotatable bonds is 4. The van der Waals surface area contributed by atoms with Crippen LogP contribution in [0.1, 0.15) is 17.2 Å². The molecule has 0 unspecified atom stereocenters. The van der Waals surface area contributed by atoms with E-state index in [2.05, 4.69) is 15.3 Å². The van der Waals surface area contributed by atoms with Crippen molar-refractivity contribution in [3.05, 3.63) is 41.7 Å². The number of aromatic nitrogens is 2. The summed E-state index contributed by atoms with van der Waals surface area (Å²) in [5.74, 6) is 2.14. The molecule has 0 aliphatic rings. The molecule has 3 N–H and O–H groups in total. The van der Waals surface area contributed by atoms with Gasteiger partial charge in [-0.2, -0.15) is 0 Å². The lowest BCUT2D eigenvalue weighted by atomic mass is 10.3. The molecule has 2 heterocycles. The number of anilines is 1. The molecular formula is C11H12N4OS. The Labute approximate surface area is 104 Å². The first-order valence-electron chi connectivity index (χ1n) is 5.06. The molecule has 6 heteroatoms. The van der Waals surface area contributed by atoms with Crippen LogP contribution in [0.3, 0.4) is 0 Å². The maximum absolute atomic E-state index is 5.48. The Hall–Kier alpha value is -1.95. The Balaban J connectivity index is 1.97. The van der Waals surface area contributed by atoms with E-state index >= 15 is 0 Å². The third-order valence-electron chi connectivity index (χ3n) is 2.14. The highest BCUT2D eigenvalue weighted by molar-refractivity contribution is 7.80. The summed E-state index contributed by atoms with van der Waals surface area (Å²) in [5, 5.41) is 3.09. The zero-order valence-corrected chi connectivity index (χ0v) is 10.1. The lowest BCUT2D eigenvalue weighted by molar-refractivity contribution is 0.479. The van der Waals surface area contributed by atoms with Gasteiger partial charge in [-0.05, 0) is 19.1 Å². The van der Waals surface area contributed by atoms with Crippen LogP contribution in [0.5, 0.6) is 0 Å². The fourth-order valence-corrected chi connectivity index (χ4v) is 1.41. The van der Waals surface area contributed by atoms with Crippen LogP contribution < -0.4 is 11.1 Å². The molecule has 0 aliphatic carbocycles. The summed E-state index contributed by atoms with van der Waals surface area (Å²) in [7, 11) is 0. The van der Waals surface area contributed by atoms with Crippen LogP contribution in [0, 0.1) is 6.92 Å². The molecule has 0 radical (unpaired) electrons. The van der Waals surface area contributed by atoms with E-state index in [4.69, 9.17) is 22.4 Å². The Bertz CT molecular complexity index is 521. The molecule has 0 saturated heterocycles. The predicted molar refractivity (Wildman–Crippen MR) is 68.7 cm³/mol. The number of thiocarbonyl (C=S) groups is 1. The van der Waals surface area contributed by atoms with Gasteiger partial charge in [-0.3, -0.25) is 0 Å². The minimum Gasteiger partial charge on any atom is -0.444 e. The summed E-state index contributed by atoms with van der Waals surface area (Å²) in [4.78, 5) is 8.59. The number of nitrogens with zero attached hydrogens (tertiary/aromatic N) is 2. The molecule has 2 aromatic rings. The zero-order valence-electron chi connectivity index (χ0n) is 9.30. The van der Waals surface area contributed by atoms with Crippen molar-refractivity contribution in [1.29, 1.82) is 0 Å². The second-order valence-corrected chi connectivity index (χ2v) is 3.95. The van der Waals surface area contributed by atoms with Crippen LogP contribution in [0.2, 0.25) is 0 Å². The van der Waals surface area contributed by atoms with E-state index in [0.29, 0.717) is 17.4 Å². The number of hydrogen-bond acceptors (Lipinski definition) is 5. The average molecular weight is 248 g/mol. The van der Waals surface area contributed by atoms with Crippen LogP contribution in [0.4, 0.5) is 5.82 Å². The number of aryl methyl sites for hydroxylation is 1. The van der Waals surface area contributed by atoms with E-state index in [1.165, 1.54) is 0 Å². The van der Waals surface area contributed by atoms with E-state index in [1.807, 2.05) is 19.1 Å². The first-order valence-corrected chi connectivity index (χ1v) is 5.47. The zero-order chi connectivity index (χ0) is 12.3. The van der Waals surface area contributed by atoms with Gasteiger partial charge in [-0.1, -0.05) is 12.2 Å². The topological polar surface area (TPSA) is 77.0 Å². The third-order valence-corrected chi connectivity index (χ3v) is 2.37. The lowest BCUT2D eigenvalue weighted by Gasteiger charge is -2.03. The molecule has 0 atom stereocenters. The molecule has 0 amide bonds. The first-order chi connectivity index (χ1) is 8.15. The summed E-state index contributed by atoms with van der Waals surface area (Å²) < 4.78 is 5.33. The SMILES string of the molecule is Cc1cnc(CNc2ccc(C(N)=S)cn2)o1. The second kappa shape index (κ2) is 4.92. The maximum atomic E-state index is 5.48. The fourth-order valence-electron chi connectivity index (χ4n) is 1.29. The van der Waals surface area contributed by atoms with Crippen LogP contribution in [0.15, 0.2) is 28.9 Å². The van der Waals surface area contributed by atoms with Gasteiger partial charge in [0.15, 0.2) is 0 Å². The van der Waals surface area contributed by atoms with Crippen LogP contribution in [-0.4, -0.2) is 15.0 Å². The molecule has 2 rings (SSSR count). The molecule has 88 valence electrons. The van der Waals surface area contributed by atoms with Crippen LogP contribution in [-0.2, 0) is 6.54 Å². The van der Waals surface area contributed by atoms with Crippen molar-refractivity contribution in [3.8, 4) is 0 Å². The van der Waals surface area contributed by atoms with Crippen molar-refractivity contribution in [2.75, 3.05) is 5.32 Å². The normalized spacial score (nSPS) is 10.2. The van der Waals surface area contributed by atoms with Gasteiger partial charge >= 0.3 is 0 Å². The lowest BCUT2D eigenvalue weighted by Crippen LogP contribution is -2.10. The highest BCUT2D eigenvalue weighted by Crippen LogP contribution is 2.08. The van der Waals surface area contributed by atoms with Gasteiger partial charge in [0.05, 0.1) is 12.7 Å². The van der Waals surface area contributed by atoms with Crippen LogP contribution >= 0.6 is 12.2 Å². The van der Waals surface area contributed by atoms with Crippen molar-refractivity contribution >= 4 is 23.0 Å².